The number of aryl methyl sites for hydroxylation is 2. The average Bonchev–Trinajstić information content (AvgIpc) is 3.14. The lowest BCUT2D eigenvalue weighted by molar-refractivity contribution is 0.0597. The second-order valence-electron chi connectivity index (χ2n) is 5.93. The van der Waals surface area contributed by atoms with Gasteiger partial charge in [0.1, 0.15) is 12.4 Å². The largest absolute Gasteiger partial charge is 0.469 e. The number of hydrogen-bond donors (Lipinski definition) is 1. The van der Waals surface area contributed by atoms with E-state index in [2.05, 4.69) is 15.2 Å². The normalized spacial score (nSPS) is 18.4. The number of piperidine rings is 1. The number of nitrogens with zero attached hydrogens (tertiary/aromatic N) is 3. The smallest absolute Gasteiger partial charge is 0.258 e. The summed E-state index contributed by atoms with van der Waals surface area (Å²) in [6.07, 6.45) is 4.55. The van der Waals surface area contributed by atoms with E-state index in [1.807, 2.05) is 18.7 Å². The minimum atomic E-state index is -0.105. The predicted octanol–water partition coefficient (Wildman–Crippen LogP) is 2.53. The molecule has 0 saturated carbocycles. The molecule has 0 unspecified atom stereocenters. The first-order chi connectivity index (χ1) is 11.1. The lowest BCUT2D eigenvalue weighted by atomic mass is 9.99. The molecule has 0 aromatic carbocycles. The van der Waals surface area contributed by atoms with Crippen LogP contribution in [0.4, 0.5) is 0 Å². The van der Waals surface area contributed by atoms with Gasteiger partial charge in [-0.05, 0) is 33.1 Å². The number of furan rings is 1. The fourth-order valence-corrected chi connectivity index (χ4v) is 3.14. The summed E-state index contributed by atoms with van der Waals surface area (Å²) in [5, 5.41) is 7.16. The van der Waals surface area contributed by atoms with Crippen molar-refractivity contribution in [1.82, 2.24) is 20.1 Å². The van der Waals surface area contributed by atoms with Gasteiger partial charge in [0.05, 0.1) is 17.9 Å². The summed E-state index contributed by atoms with van der Waals surface area (Å²) in [5.41, 5.74) is 1.52. The maximum Gasteiger partial charge on any atom is 0.258 e. The monoisotopic (exact) mass is 318 g/mol. The highest BCUT2D eigenvalue weighted by Crippen LogP contribution is 2.31. The molecule has 0 aliphatic carbocycles. The summed E-state index contributed by atoms with van der Waals surface area (Å²) in [7, 11) is 1.61. The molecule has 1 amide bonds. The van der Waals surface area contributed by atoms with Crippen molar-refractivity contribution in [3.63, 3.8) is 0 Å². The van der Waals surface area contributed by atoms with Gasteiger partial charge in [-0.25, -0.2) is 4.98 Å². The lowest BCUT2D eigenvalue weighted by Gasteiger charge is -2.34. The molecule has 1 saturated heterocycles. The fourth-order valence-electron chi connectivity index (χ4n) is 3.14. The summed E-state index contributed by atoms with van der Waals surface area (Å²) >= 11 is 0. The van der Waals surface area contributed by atoms with E-state index >= 15 is 0 Å². The van der Waals surface area contributed by atoms with Gasteiger partial charge in [-0.15, -0.1) is 0 Å². The van der Waals surface area contributed by atoms with Gasteiger partial charge in [0.15, 0.2) is 11.6 Å². The van der Waals surface area contributed by atoms with E-state index in [-0.39, 0.29) is 11.9 Å². The van der Waals surface area contributed by atoms with Crippen molar-refractivity contribution in [1.29, 1.82) is 0 Å². The van der Waals surface area contributed by atoms with E-state index in [0.717, 1.165) is 24.8 Å². The number of H-pyrrole nitrogens is 1. The van der Waals surface area contributed by atoms with Gasteiger partial charge in [-0.1, -0.05) is 0 Å². The van der Waals surface area contributed by atoms with Crippen LogP contribution in [0.1, 0.15) is 58.6 Å². The Morgan fingerprint density at radius 1 is 1.48 bits per heavy atom. The third kappa shape index (κ3) is 3.01. The van der Waals surface area contributed by atoms with Crippen LogP contribution in [-0.4, -0.2) is 39.6 Å². The third-order valence-corrected chi connectivity index (χ3v) is 4.26. The van der Waals surface area contributed by atoms with Crippen LogP contribution in [0.2, 0.25) is 0 Å². The third-order valence-electron chi connectivity index (χ3n) is 4.26. The van der Waals surface area contributed by atoms with Crippen LogP contribution in [0.3, 0.4) is 0 Å². The minimum Gasteiger partial charge on any atom is -0.469 e. The average molecular weight is 318 g/mol. The van der Waals surface area contributed by atoms with E-state index in [1.54, 1.807) is 13.4 Å². The lowest BCUT2D eigenvalue weighted by Crippen LogP contribution is -2.39. The Bertz CT molecular complexity index is 672. The molecule has 1 N–H and O–H groups in total. The van der Waals surface area contributed by atoms with Gasteiger partial charge >= 0.3 is 0 Å². The number of carbonyl (C=O) groups is 1. The molecule has 1 aliphatic rings. The van der Waals surface area contributed by atoms with Crippen LogP contribution in [0.5, 0.6) is 0 Å². The SMILES string of the molecule is COCc1nc([C@H]2CCCCN2C(=O)c2c(C)coc2C)n[nH]1. The van der Waals surface area contributed by atoms with E-state index in [0.29, 0.717) is 36.1 Å². The topological polar surface area (TPSA) is 84.2 Å². The molecular weight excluding hydrogens is 296 g/mol. The van der Waals surface area contributed by atoms with Crippen LogP contribution in [0, 0.1) is 13.8 Å². The predicted molar refractivity (Wildman–Crippen MR) is 82.9 cm³/mol. The van der Waals surface area contributed by atoms with Crippen molar-refractivity contribution in [3.8, 4) is 0 Å². The number of carbonyl (C=O) groups excluding carboxylic acids is 1. The summed E-state index contributed by atoms with van der Waals surface area (Å²) in [6.45, 7) is 4.81. The molecule has 1 atom stereocenters. The Morgan fingerprint density at radius 2 is 2.30 bits per heavy atom. The molecule has 1 aliphatic heterocycles. The first kappa shape index (κ1) is 15.7. The van der Waals surface area contributed by atoms with Crippen LogP contribution in [-0.2, 0) is 11.3 Å². The number of nitrogens with one attached hydrogen (secondary N) is 1. The first-order valence-electron chi connectivity index (χ1n) is 7.87. The Hall–Kier alpha value is -2.15. The minimum absolute atomic E-state index is 0.00320. The quantitative estimate of drug-likeness (QED) is 0.936. The van der Waals surface area contributed by atoms with E-state index in [1.165, 1.54) is 0 Å². The Balaban J connectivity index is 1.87. The van der Waals surface area contributed by atoms with Crippen LogP contribution in [0.25, 0.3) is 0 Å². The molecule has 0 radical (unpaired) electrons. The second kappa shape index (κ2) is 6.54. The van der Waals surface area contributed by atoms with Gasteiger partial charge < -0.3 is 14.1 Å². The molecular formula is C16H22N4O3. The molecule has 23 heavy (non-hydrogen) atoms. The van der Waals surface area contributed by atoms with Crippen molar-refractivity contribution in [2.24, 2.45) is 0 Å². The van der Waals surface area contributed by atoms with E-state index in [4.69, 9.17) is 9.15 Å². The highest BCUT2D eigenvalue weighted by Gasteiger charge is 2.33. The number of likely N-dealkylation sites (tertiary alicyclic amines) is 1. The number of aromatic amines is 1. The first-order valence-corrected chi connectivity index (χ1v) is 7.87. The van der Waals surface area contributed by atoms with Crippen molar-refractivity contribution in [2.45, 2.75) is 45.8 Å². The molecule has 1 fully saturated rings. The van der Waals surface area contributed by atoms with Crippen molar-refractivity contribution < 1.29 is 13.9 Å². The van der Waals surface area contributed by atoms with Gasteiger partial charge in [-0.2, -0.15) is 5.10 Å². The summed E-state index contributed by atoms with van der Waals surface area (Å²) in [5.74, 6) is 1.99. The number of methoxy groups -OCH3 is 1. The van der Waals surface area contributed by atoms with E-state index in [9.17, 15) is 4.79 Å². The zero-order valence-electron chi connectivity index (χ0n) is 13.8. The molecule has 7 heteroatoms. The zero-order chi connectivity index (χ0) is 16.4. The molecule has 7 nitrogen and oxygen atoms in total. The highest BCUT2D eigenvalue weighted by atomic mass is 16.5. The Labute approximate surface area is 135 Å². The molecule has 124 valence electrons. The highest BCUT2D eigenvalue weighted by molar-refractivity contribution is 5.96. The van der Waals surface area contributed by atoms with Gasteiger partial charge in [0.2, 0.25) is 0 Å². The fraction of sp³-hybridized carbons (Fsp3) is 0.562. The maximum absolute atomic E-state index is 13.0. The molecule has 3 heterocycles. The molecule has 3 rings (SSSR count). The maximum atomic E-state index is 13.0. The van der Waals surface area contributed by atoms with E-state index < -0.39 is 0 Å². The summed E-state index contributed by atoms with van der Waals surface area (Å²) < 4.78 is 10.4. The number of hydrogen-bond acceptors (Lipinski definition) is 5. The van der Waals surface area contributed by atoms with Gasteiger partial charge in [0, 0.05) is 19.2 Å². The molecule has 0 bridgehead atoms. The Morgan fingerprint density at radius 3 is 3.00 bits per heavy atom. The number of ether oxygens (including phenoxy) is 1. The number of amides is 1. The van der Waals surface area contributed by atoms with Crippen molar-refractivity contribution in [3.05, 3.63) is 34.8 Å². The van der Waals surface area contributed by atoms with Crippen LogP contribution < -0.4 is 0 Å². The molecule has 0 spiro atoms. The standard InChI is InChI=1S/C16H22N4O3/c1-10-8-23-11(2)14(10)16(21)20-7-5-4-6-12(20)15-17-13(9-22-3)18-19-15/h8,12H,4-7,9H2,1-3H3,(H,17,18,19)/t12-/m1/s1. The molecule has 2 aromatic heterocycles. The van der Waals surface area contributed by atoms with Crippen LogP contribution in [0.15, 0.2) is 10.7 Å². The summed E-state index contributed by atoms with van der Waals surface area (Å²) in [4.78, 5) is 19.3. The zero-order valence-corrected chi connectivity index (χ0v) is 13.8. The van der Waals surface area contributed by atoms with Crippen LogP contribution >= 0.6 is 0 Å². The molecule has 2 aromatic rings. The number of aromatic nitrogens is 3. The van der Waals surface area contributed by atoms with Gasteiger partial charge in [-0.3, -0.25) is 9.89 Å². The second-order valence-corrected chi connectivity index (χ2v) is 5.93. The van der Waals surface area contributed by atoms with Gasteiger partial charge in [0.25, 0.3) is 5.91 Å². The summed E-state index contributed by atoms with van der Waals surface area (Å²) in [6, 6.07) is -0.105. The van der Waals surface area contributed by atoms with Crippen molar-refractivity contribution >= 4 is 5.91 Å². The number of rotatable bonds is 4. The van der Waals surface area contributed by atoms with Crippen molar-refractivity contribution in [2.75, 3.05) is 13.7 Å². The Kier molecular flexibility index (Phi) is 4.47.